The maximum absolute atomic E-state index is 11.2. The monoisotopic (exact) mass is 373 g/mol. The number of hydrogen-bond acceptors (Lipinski definition) is 4. The number of carboxylic acids is 1. The second-order valence-corrected chi connectivity index (χ2v) is 6.77. The fraction of sp³-hybridized carbons (Fsp3) is 0.312. The summed E-state index contributed by atoms with van der Waals surface area (Å²) in [6.45, 7) is 0.337. The van der Waals surface area contributed by atoms with Crippen molar-refractivity contribution in [2.24, 2.45) is 0 Å². The van der Waals surface area contributed by atoms with Crippen LogP contribution in [-0.4, -0.2) is 29.1 Å². The standard InChI is InChI=1S/C16H17Cl2NO3S/c1-23-7-6-14(16(20)21)19-9-11-3-5-15(22-11)12-8-10(17)2-4-13(12)18/h2-5,8,14,19H,6-7,9H2,1H3,(H,20,21). The molecule has 0 bridgehead atoms. The summed E-state index contributed by atoms with van der Waals surface area (Å²) in [7, 11) is 0. The van der Waals surface area contributed by atoms with E-state index in [-0.39, 0.29) is 0 Å². The number of hydrogen-bond donors (Lipinski definition) is 2. The number of aliphatic carboxylic acids is 1. The van der Waals surface area contributed by atoms with E-state index in [9.17, 15) is 9.90 Å². The molecule has 1 aromatic heterocycles. The predicted molar refractivity (Wildman–Crippen MR) is 95.4 cm³/mol. The molecule has 2 N–H and O–H groups in total. The van der Waals surface area contributed by atoms with Crippen LogP contribution in [0.25, 0.3) is 11.3 Å². The number of benzene rings is 1. The molecule has 1 heterocycles. The smallest absolute Gasteiger partial charge is 0.320 e. The van der Waals surface area contributed by atoms with E-state index in [1.165, 1.54) is 0 Å². The molecule has 0 saturated heterocycles. The van der Waals surface area contributed by atoms with E-state index in [4.69, 9.17) is 27.6 Å². The first-order chi connectivity index (χ1) is 11.0. The summed E-state index contributed by atoms with van der Waals surface area (Å²) in [6, 6.07) is 8.16. The summed E-state index contributed by atoms with van der Waals surface area (Å²) in [6.07, 6.45) is 2.51. The van der Waals surface area contributed by atoms with E-state index < -0.39 is 12.0 Å². The molecular weight excluding hydrogens is 357 g/mol. The Balaban J connectivity index is 2.04. The Morgan fingerprint density at radius 1 is 1.35 bits per heavy atom. The van der Waals surface area contributed by atoms with Crippen molar-refractivity contribution >= 4 is 40.9 Å². The number of carboxylic acid groups (broad SMARTS) is 1. The normalized spacial score (nSPS) is 12.3. The lowest BCUT2D eigenvalue weighted by molar-refractivity contribution is -0.139. The molecule has 23 heavy (non-hydrogen) atoms. The Kier molecular flexibility index (Phi) is 6.84. The second-order valence-electron chi connectivity index (χ2n) is 4.94. The van der Waals surface area contributed by atoms with Gasteiger partial charge in [0.25, 0.3) is 0 Å². The zero-order valence-corrected chi connectivity index (χ0v) is 14.8. The summed E-state index contributed by atoms with van der Waals surface area (Å²) in [4.78, 5) is 11.2. The molecule has 0 spiro atoms. The van der Waals surface area contributed by atoms with Crippen molar-refractivity contribution < 1.29 is 14.3 Å². The first-order valence-electron chi connectivity index (χ1n) is 7.00. The Morgan fingerprint density at radius 2 is 2.13 bits per heavy atom. The van der Waals surface area contributed by atoms with Crippen LogP contribution in [0, 0.1) is 0 Å². The van der Waals surface area contributed by atoms with E-state index in [0.717, 1.165) is 5.75 Å². The molecular formula is C16H17Cl2NO3S. The highest BCUT2D eigenvalue weighted by Gasteiger charge is 2.17. The van der Waals surface area contributed by atoms with Crippen LogP contribution < -0.4 is 5.32 Å². The number of furan rings is 1. The van der Waals surface area contributed by atoms with Gasteiger partial charge in [-0.1, -0.05) is 23.2 Å². The first kappa shape index (κ1) is 18.2. The van der Waals surface area contributed by atoms with Crippen molar-refractivity contribution in [3.63, 3.8) is 0 Å². The van der Waals surface area contributed by atoms with Crippen LogP contribution in [0.1, 0.15) is 12.2 Å². The van der Waals surface area contributed by atoms with Crippen molar-refractivity contribution in [3.05, 3.63) is 46.1 Å². The van der Waals surface area contributed by atoms with Gasteiger partial charge in [0, 0.05) is 10.6 Å². The lowest BCUT2D eigenvalue weighted by Gasteiger charge is -2.12. The number of rotatable bonds is 8. The average Bonchev–Trinajstić information content (AvgIpc) is 2.98. The van der Waals surface area contributed by atoms with Gasteiger partial charge in [-0.2, -0.15) is 11.8 Å². The topological polar surface area (TPSA) is 62.5 Å². The van der Waals surface area contributed by atoms with Gasteiger partial charge in [0.1, 0.15) is 17.6 Å². The zero-order valence-electron chi connectivity index (χ0n) is 12.5. The fourth-order valence-electron chi connectivity index (χ4n) is 2.08. The van der Waals surface area contributed by atoms with E-state index in [0.29, 0.717) is 40.1 Å². The number of carbonyl (C=O) groups is 1. The molecule has 0 amide bonds. The molecule has 0 saturated carbocycles. The molecule has 4 nitrogen and oxygen atoms in total. The molecule has 0 fully saturated rings. The Labute approximate surface area is 149 Å². The highest BCUT2D eigenvalue weighted by atomic mass is 35.5. The quantitative estimate of drug-likeness (QED) is 0.710. The van der Waals surface area contributed by atoms with Gasteiger partial charge in [0.2, 0.25) is 0 Å². The molecule has 1 unspecified atom stereocenters. The van der Waals surface area contributed by atoms with Crippen LogP contribution in [0.2, 0.25) is 10.0 Å². The number of nitrogens with one attached hydrogen (secondary N) is 1. The molecule has 1 atom stereocenters. The Morgan fingerprint density at radius 3 is 2.83 bits per heavy atom. The molecule has 2 rings (SSSR count). The van der Waals surface area contributed by atoms with Crippen molar-refractivity contribution in [3.8, 4) is 11.3 Å². The van der Waals surface area contributed by atoms with E-state index in [2.05, 4.69) is 5.32 Å². The fourth-order valence-corrected chi connectivity index (χ4v) is 2.93. The Hall–Kier alpha value is -1.14. The summed E-state index contributed by atoms with van der Waals surface area (Å²) in [5.41, 5.74) is 0.711. The average molecular weight is 374 g/mol. The molecule has 0 aliphatic rings. The maximum atomic E-state index is 11.2. The molecule has 0 aliphatic heterocycles. The highest BCUT2D eigenvalue weighted by Crippen LogP contribution is 2.31. The Bertz CT molecular complexity index is 675. The van der Waals surface area contributed by atoms with Gasteiger partial charge in [-0.25, -0.2) is 0 Å². The van der Waals surface area contributed by atoms with Crippen LogP contribution >= 0.6 is 35.0 Å². The zero-order chi connectivity index (χ0) is 16.8. The number of halogens is 2. The highest BCUT2D eigenvalue weighted by molar-refractivity contribution is 7.98. The lowest BCUT2D eigenvalue weighted by atomic mass is 10.2. The number of thioether (sulfide) groups is 1. The third-order valence-electron chi connectivity index (χ3n) is 3.29. The SMILES string of the molecule is CSCCC(NCc1ccc(-c2cc(Cl)ccc2Cl)o1)C(=O)O. The van der Waals surface area contributed by atoms with Gasteiger partial charge in [0.05, 0.1) is 11.6 Å². The molecule has 7 heteroatoms. The van der Waals surface area contributed by atoms with Crippen LogP contribution in [-0.2, 0) is 11.3 Å². The predicted octanol–water partition coefficient (Wildman–Crippen LogP) is 4.55. The van der Waals surface area contributed by atoms with E-state index in [1.54, 1.807) is 42.1 Å². The van der Waals surface area contributed by atoms with Gasteiger partial charge >= 0.3 is 5.97 Å². The van der Waals surface area contributed by atoms with Gasteiger partial charge in [-0.15, -0.1) is 0 Å². The maximum Gasteiger partial charge on any atom is 0.320 e. The van der Waals surface area contributed by atoms with Crippen molar-refractivity contribution in [1.29, 1.82) is 0 Å². The minimum atomic E-state index is -0.858. The van der Waals surface area contributed by atoms with Gasteiger partial charge in [-0.3, -0.25) is 10.1 Å². The van der Waals surface area contributed by atoms with E-state index >= 15 is 0 Å². The minimum absolute atomic E-state index is 0.337. The molecule has 1 aromatic carbocycles. The second kappa shape index (κ2) is 8.64. The lowest BCUT2D eigenvalue weighted by Crippen LogP contribution is -2.36. The molecule has 2 aromatic rings. The van der Waals surface area contributed by atoms with Crippen LogP contribution in [0.3, 0.4) is 0 Å². The third kappa shape index (κ3) is 5.18. The molecule has 124 valence electrons. The van der Waals surface area contributed by atoms with Crippen LogP contribution in [0.5, 0.6) is 0 Å². The summed E-state index contributed by atoms with van der Waals surface area (Å²) >= 11 is 13.8. The molecule has 0 radical (unpaired) electrons. The van der Waals surface area contributed by atoms with Gasteiger partial charge in [0.15, 0.2) is 0 Å². The van der Waals surface area contributed by atoms with Crippen LogP contribution in [0.15, 0.2) is 34.7 Å². The summed E-state index contributed by atoms with van der Waals surface area (Å²) in [5, 5.41) is 13.3. The first-order valence-corrected chi connectivity index (χ1v) is 9.15. The van der Waals surface area contributed by atoms with Crippen molar-refractivity contribution in [2.75, 3.05) is 12.0 Å². The largest absolute Gasteiger partial charge is 0.480 e. The summed E-state index contributed by atoms with van der Waals surface area (Å²) in [5.74, 6) is 1.17. The van der Waals surface area contributed by atoms with Gasteiger partial charge < -0.3 is 9.52 Å². The van der Waals surface area contributed by atoms with Crippen molar-refractivity contribution in [2.45, 2.75) is 19.0 Å². The van der Waals surface area contributed by atoms with E-state index in [1.807, 2.05) is 6.26 Å². The van der Waals surface area contributed by atoms with Crippen molar-refractivity contribution in [1.82, 2.24) is 5.32 Å². The summed E-state index contributed by atoms with van der Waals surface area (Å²) < 4.78 is 5.74. The third-order valence-corrected chi connectivity index (χ3v) is 4.50. The molecule has 0 aliphatic carbocycles. The van der Waals surface area contributed by atoms with Crippen LogP contribution in [0.4, 0.5) is 0 Å². The van der Waals surface area contributed by atoms with Gasteiger partial charge in [-0.05, 0) is 48.8 Å². The minimum Gasteiger partial charge on any atom is -0.480 e.